The van der Waals surface area contributed by atoms with Gasteiger partial charge in [0.25, 0.3) is 5.91 Å². The fraction of sp³-hybridized carbons (Fsp3) is 0.533. The van der Waals surface area contributed by atoms with E-state index in [9.17, 15) is 4.79 Å². The average molecular weight is 261 g/mol. The van der Waals surface area contributed by atoms with Gasteiger partial charge in [0.1, 0.15) is 0 Å². The van der Waals surface area contributed by atoms with Gasteiger partial charge < -0.3 is 10.6 Å². The Bertz CT molecular complexity index is 474. The normalized spacial score (nSPS) is 24.5. The lowest BCUT2D eigenvalue weighted by Gasteiger charge is -2.42. The van der Waals surface area contributed by atoms with E-state index in [1.807, 2.05) is 30.0 Å². The number of rotatable bonds is 1. The fourth-order valence-electron chi connectivity index (χ4n) is 2.62. The van der Waals surface area contributed by atoms with Gasteiger partial charge in [-0.3, -0.25) is 9.69 Å². The number of hydrogen-bond donors (Lipinski definition) is 1. The first-order valence-electron chi connectivity index (χ1n) is 6.77. The van der Waals surface area contributed by atoms with Crippen LogP contribution in [0.3, 0.4) is 0 Å². The largest absolute Gasteiger partial charge is 0.398 e. The third-order valence-electron chi connectivity index (χ3n) is 4.08. The second-order valence-corrected chi connectivity index (χ2v) is 5.66. The number of hydrogen-bond acceptors (Lipinski definition) is 3. The van der Waals surface area contributed by atoms with Crippen LogP contribution in [0.4, 0.5) is 5.69 Å². The van der Waals surface area contributed by atoms with Crippen molar-refractivity contribution in [1.82, 2.24) is 9.80 Å². The molecule has 0 spiro atoms. The Balaban J connectivity index is 2.20. The van der Waals surface area contributed by atoms with Gasteiger partial charge >= 0.3 is 0 Å². The molecule has 4 nitrogen and oxygen atoms in total. The smallest absolute Gasteiger partial charge is 0.256 e. The summed E-state index contributed by atoms with van der Waals surface area (Å²) in [7, 11) is 2.11. The summed E-state index contributed by atoms with van der Waals surface area (Å²) in [6.07, 6.45) is 0. The molecule has 1 amide bonds. The number of aryl methyl sites for hydroxylation is 1. The minimum Gasteiger partial charge on any atom is -0.398 e. The molecule has 1 heterocycles. The lowest BCUT2D eigenvalue weighted by atomic mass is 10.1. The van der Waals surface area contributed by atoms with Crippen molar-refractivity contribution in [3.8, 4) is 0 Å². The van der Waals surface area contributed by atoms with Crippen molar-refractivity contribution in [3.63, 3.8) is 0 Å². The molecular weight excluding hydrogens is 238 g/mol. The van der Waals surface area contributed by atoms with E-state index in [4.69, 9.17) is 5.73 Å². The van der Waals surface area contributed by atoms with E-state index in [-0.39, 0.29) is 5.91 Å². The molecule has 1 fully saturated rings. The molecule has 1 aliphatic rings. The maximum absolute atomic E-state index is 12.6. The number of nitrogens with zero attached hydrogens (tertiary/aromatic N) is 2. The first-order valence-corrected chi connectivity index (χ1v) is 6.77. The van der Waals surface area contributed by atoms with Gasteiger partial charge in [-0.25, -0.2) is 0 Å². The highest BCUT2D eigenvalue weighted by atomic mass is 16.2. The van der Waals surface area contributed by atoms with Crippen LogP contribution in [-0.4, -0.2) is 47.9 Å². The van der Waals surface area contributed by atoms with Crippen molar-refractivity contribution in [2.75, 3.05) is 25.9 Å². The number of benzene rings is 1. The van der Waals surface area contributed by atoms with Crippen LogP contribution < -0.4 is 5.73 Å². The number of nitrogens with two attached hydrogens (primary N) is 1. The lowest BCUT2D eigenvalue weighted by molar-refractivity contribution is 0.0415. The fourth-order valence-corrected chi connectivity index (χ4v) is 2.62. The van der Waals surface area contributed by atoms with Gasteiger partial charge in [-0.1, -0.05) is 6.07 Å². The second-order valence-electron chi connectivity index (χ2n) is 5.66. The van der Waals surface area contributed by atoms with E-state index in [2.05, 4.69) is 25.8 Å². The number of likely N-dealkylation sites (N-methyl/N-ethyl adjacent to an activating group) is 1. The summed E-state index contributed by atoms with van der Waals surface area (Å²) in [6, 6.07) is 6.38. The van der Waals surface area contributed by atoms with Gasteiger partial charge in [0, 0.05) is 30.9 Å². The van der Waals surface area contributed by atoms with Gasteiger partial charge in [0.2, 0.25) is 0 Å². The van der Waals surface area contributed by atoms with E-state index < -0.39 is 0 Å². The van der Waals surface area contributed by atoms with Gasteiger partial charge in [-0.2, -0.15) is 0 Å². The Labute approximate surface area is 115 Å². The molecule has 2 N–H and O–H groups in total. The number of amides is 1. The quantitative estimate of drug-likeness (QED) is 0.783. The molecule has 0 aromatic heterocycles. The van der Waals surface area contributed by atoms with E-state index in [1.54, 1.807) is 0 Å². The van der Waals surface area contributed by atoms with Gasteiger partial charge in [0.05, 0.1) is 5.56 Å². The Morgan fingerprint density at radius 2 is 1.84 bits per heavy atom. The average Bonchev–Trinajstić information content (AvgIpc) is 2.34. The van der Waals surface area contributed by atoms with Gasteiger partial charge in [-0.05, 0) is 45.5 Å². The van der Waals surface area contributed by atoms with E-state index in [0.717, 1.165) is 18.7 Å². The Kier molecular flexibility index (Phi) is 3.80. The number of carbonyl (C=O) groups excluding carboxylic acids is 1. The van der Waals surface area contributed by atoms with Crippen LogP contribution in [0.25, 0.3) is 0 Å². The van der Waals surface area contributed by atoms with Crippen molar-refractivity contribution in [1.29, 1.82) is 0 Å². The molecule has 0 radical (unpaired) electrons. The SMILES string of the molecule is Cc1ccc(C(=O)N2CC(C)N(C)C(C)C2)c(N)c1. The Morgan fingerprint density at radius 1 is 1.26 bits per heavy atom. The highest BCUT2D eigenvalue weighted by Crippen LogP contribution is 2.20. The molecule has 4 heteroatoms. The standard InChI is InChI=1S/C15H23N3O/c1-10-5-6-13(14(16)7-10)15(19)18-8-11(2)17(4)12(3)9-18/h5-7,11-12H,8-9,16H2,1-4H3. The second kappa shape index (κ2) is 5.21. The molecule has 2 atom stereocenters. The zero-order chi connectivity index (χ0) is 14.2. The minimum absolute atomic E-state index is 0.0456. The molecule has 0 bridgehead atoms. The predicted molar refractivity (Wildman–Crippen MR) is 78.2 cm³/mol. The summed E-state index contributed by atoms with van der Waals surface area (Å²) in [6.45, 7) is 7.79. The summed E-state index contributed by atoms with van der Waals surface area (Å²) >= 11 is 0. The summed E-state index contributed by atoms with van der Waals surface area (Å²) < 4.78 is 0. The van der Waals surface area contributed by atoms with Crippen LogP contribution in [0.15, 0.2) is 18.2 Å². The first kappa shape index (κ1) is 13.9. The molecule has 0 saturated carbocycles. The van der Waals surface area contributed by atoms with Crippen LogP contribution >= 0.6 is 0 Å². The number of anilines is 1. The molecule has 1 aliphatic heterocycles. The van der Waals surface area contributed by atoms with E-state index in [0.29, 0.717) is 23.3 Å². The van der Waals surface area contributed by atoms with Crippen LogP contribution in [0.1, 0.15) is 29.8 Å². The van der Waals surface area contributed by atoms with Crippen molar-refractivity contribution in [2.45, 2.75) is 32.9 Å². The summed E-state index contributed by atoms with van der Waals surface area (Å²) in [5, 5.41) is 0. The van der Waals surface area contributed by atoms with Crippen LogP contribution in [0, 0.1) is 6.92 Å². The number of nitrogen functional groups attached to an aromatic ring is 1. The molecule has 2 unspecified atom stereocenters. The maximum Gasteiger partial charge on any atom is 0.256 e. The molecule has 1 aromatic rings. The van der Waals surface area contributed by atoms with E-state index >= 15 is 0 Å². The van der Waals surface area contributed by atoms with Crippen molar-refractivity contribution in [3.05, 3.63) is 29.3 Å². The molecule has 104 valence electrons. The zero-order valence-electron chi connectivity index (χ0n) is 12.2. The van der Waals surface area contributed by atoms with Gasteiger partial charge in [-0.15, -0.1) is 0 Å². The molecule has 1 saturated heterocycles. The first-order chi connectivity index (χ1) is 8.90. The number of carbonyl (C=O) groups is 1. The third kappa shape index (κ3) is 2.73. The molecule has 2 rings (SSSR count). The van der Waals surface area contributed by atoms with Crippen molar-refractivity contribution < 1.29 is 4.79 Å². The van der Waals surface area contributed by atoms with Crippen LogP contribution in [0.5, 0.6) is 0 Å². The van der Waals surface area contributed by atoms with Crippen LogP contribution in [0.2, 0.25) is 0 Å². The Morgan fingerprint density at radius 3 is 2.37 bits per heavy atom. The number of piperazine rings is 1. The molecule has 1 aromatic carbocycles. The molecule has 0 aliphatic carbocycles. The zero-order valence-corrected chi connectivity index (χ0v) is 12.2. The minimum atomic E-state index is 0.0456. The lowest BCUT2D eigenvalue weighted by Crippen LogP contribution is -2.56. The summed E-state index contributed by atoms with van der Waals surface area (Å²) in [5.41, 5.74) is 8.24. The predicted octanol–water partition coefficient (Wildman–Crippen LogP) is 1.74. The summed E-state index contributed by atoms with van der Waals surface area (Å²) in [4.78, 5) is 16.8. The molecular formula is C15H23N3O. The monoisotopic (exact) mass is 261 g/mol. The maximum atomic E-state index is 12.6. The van der Waals surface area contributed by atoms with Crippen molar-refractivity contribution >= 4 is 11.6 Å². The van der Waals surface area contributed by atoms with Gasteiger partial charge in [0.15, 0.2) is 0 Å². The molecule has 19 heavy (non-hydrogen) atoms. The highest BCUT2D eigenvalue weighted by molar-refractivity contribution is 5.99. The van der Waals surface area contributed by atoms with Crippen LogP contribution in [-0.2, 0) is 0 Å². The highest BCUT2D eigenvalue weighted by Gasteiger charge is 2.30. The Hall–Kier alpha value is -1.55. The third-order valence-corrected chi connectivity index (χ3v) is 4.08. The topological polar surface area (TPSA) is 49.6 Å². The van der Waals surface area contributed by atoms with Crippen molar-refractivity contribution in [2.24, 2.45) is 0 Å². The van der Waals surface area contributed by atoms with E-state index in [1.165, 1.54) is 0 Å². The summed E-state index contributed by atoms with van der Waals surface area (Å²) in [5.74, 6) is 0.0456.